The van der Waals surface area contributed by atoms with Gasteiger partial charge >= 0.3 is 0 Å². The van der Waals surface area contributed by atoms with Crippen molar-refractivity contribution in [2.75, 3.05) is 0 Å². The minimum absolute atomic E-state index is 0.625. The van der Waals surface area contributed by atoms with Crippen LogP contribution in [0.4, 0.5) is 0 Å². The number of hydrogen-bond donors (Lipinski definition) is 0. The molecule has 2 aromatic rings. The summed E-state index contributed by atoms with van der Waals surface area (Å²) in [5, 5.41) is 6.04. The summed E-state index contributed by atoms with van der Waals surface area (Å²) in [6.07, 6.45) is 45.4. The van der Waals surface area contributed by atoms with Gasteiger partial charge in [-0.2, -0.15) is 0 Å². The van der Waals surface area contributed by atoms with Gasteiger partial charge < -0.3 is 0 Å². The van der Waals surface area contributed by atoms with Crippen LogP contribution < -0.4 is 10.4 Å². The van der Waals surface area contributed by atoms with Crippen molar-refractivity contribution in [2.24, 2.45) is 5.92 Å². The zero-order chi connectivity index (χ0) is 34.3. The highest BCUT2D eigenvalue weighted by atomic mass is 14.4. The Kier molecular flexibility index (Phi) is 7.39. The molecule has 0 aromatic heterocycles. The van der Waals surface area contributed by atoms with E-state index >= 15 is 0 Å². The molecule has 2 unspecified atom stereocenters. The van der Waals surface area contributed by atoms with Gasteiger partial charge in [0.25, 0.3) is 0 Å². The van der Waals surface area contributed by atoms with E-state index in [-0.39, 0.29) is 0 Å². The molecular formula is C52H50. The van der Waals surface area contributed by atoms with Crippen molar-refractivity contribution in [2.45, 2.75) is 109 Å². The highest BCUT2D eigenvalue weighted by Crippen LogP contribution is 2.52. The van der Waals surface area contributed by atoms with Crippen LogP contribution in [0.25, 0.3) is 28.0 Å². The Hall–Kier alpha value is -4.42. The van der Waals surface area contributed by atoms with E-state index in [4.69, 9.17) is 0 Å². The first-order chi connectivity index (χ1) is 25.7. The smallest absolute Gasteiger partial charge is 0.00674 e. The van der Waals surface area contributed by atoms with Crippen molar-refractivity contribution >= 4 is 28.0 Å². The topological polar surface area (TPSA) is 0 Å². The van der Waals surface area contributed by atoms with Crippen molar-refractivity contribution in [3.8, 4) is 0 Å². The molecule has 0 spiro atoms. The fourth-order valence-corrected chi connectivity index (χ4v) is 11.8. The summed E-state index contributed by atoms with van der Waals surface area (Å²) >= 11 is 0. The van der Waals surface area contributed by atoms with E-state index in [0.29, 0.717) is 11.8 Å². The lowest BCUT2D eigenvalue weighted by Crippen LogP contribution is -2.29. The summed E-state index contributed by atoms with van der Waals surface area (Å²) in [6, 6.07) is 9.84. The molecule has 0 aliphatic heterocycles. The van der Waals surface area contributed by atoms with Gasteiger partial charge in [0.05, 0.1) is 0 Å². The minimum Gasteiger partial charge on any atom is -0.0839 e. The van der Waals surface area contributed by atoms with Gasteiger partial charge in [0, 0.05) is 0 Å². The Morgan fingerprint density at radius 3 is 2.23 bits per heavy atom. The van der Waals surface area contributed by atoms with Crippen LogP contribution in [-0.2, 0) is 0 Å². The zero-order valence-electron chi connectivity index (χ0n) is 30.9. The second-order valence-corrected chi connectivity index (χ2v) is 16.8. The first kappa shape index (κ1) is 31.1. The summed E-state index contributed by atoms with van der Waals surface area (Å²) in [5.74, 6) is 1.29. The maximum Gasteiger partial charge on any atom is -0.00674 e. The van der Waals surface area contributed by atoms with Crippen molar-refractivity contribution in [3.05, 3.63) is 168 Å². The molecular weight excluding hydrogens is 625 g/mol. The van der Waals surface area contributed by atoms with Crippen LogP contribution in [0.15, 0.2) is 146 Å². The van der Waals surface area contributed by atoms with Crippen molar-refractivity contribution in [1.29, 1.82) is 0 Å². The average Bonchev–Trinajstić information content (AvgIpc) is 3.21. The molecule has 0 saturated heterocycles. The second-order valence-electron chi connectivity index (χ2n) is 16.8. The van der Waals surface area contributed by atoms with Gasteiger partial charge in [0.2, 0.25) is 0 Å². The highest BCUT2D eigenvalue weighted by Gasteiger charge is 2.36. The number of allylic oxidation sites excluding steroid dienone is 22. The van der Waals surface area contributed by atoms with E-state index in [1.165, 1.54) is 105 Å². The Labute approximate surface area is 309 Å². The van der Waals surface area contributed by atoms with E-state index in [1.807, 2.05) is 0 Å². The predicted octanol–water partition coefficient (Wildman–Crippen LogP) is 12.5. The quantitative estimate of drug-likeness (QED) is 0.303. The third-order valence-electron chi connectivity index (χ3n) is 14.3. The van der Waals surface area contributed by atoms with Gasteiger partial charge in [-0.3, -0.25) is 0 Å². The lowest BCUT2D eigenvalue weighted by Gasteiger charge is -2.39. The van der Waals surface area contributed by atoms with Crippen LogP contribution in [-0.4, -0.2) is 0 Å². The molecule has 0 heteroatoms. The number of rotatable bonds is 4. The maximum absolute atomic E-state index is 2.66. The van der Waals surface area contributed by atoms with Crippen LogP contribution in [0.5, 0.6) is 0 Å². The fourth-order valence-electron chi connectivity index (χ4n) is 11.8. The largest absolute Gasteiger partial charge is 0.0839 e. The third kappa shape index (κ3) is 4.79. The maximum atomic E-state index is 2.66. The summed E-state index contributed by atoms with van der Waals surface area (Å²) < 4.78 is 0. The number of benzene rings is 2. The minimum atomic E-state index is 0.625. The van der Waals surface area contributed by atoms with Crippen molar-refractivity contribution < 1.29 is 0 Å². The van der Waals surface area contributed by atoms with Gasteiger partial charge in [0.1, 0.15) is 0 Å². The van der Waals surface area contributed by atoms with Gasteiger partial charge in [-0.05, 0) is 220 Å². The SMILES string of the molecule is CC=C(C1=CCC2CCC(C3=CC4=C(C=CCC4)CC3)=C3C=CCC1=C32)C1=c2ccc3ccc(C4=CC5=C(C=CCC5)CC4)c4c3c2C(CC=4)CC1. The van der Waals surface area contributed by atoms with E-state index < -0.39 is 0 Å². The Morgan fingerprint density at radius 2 is 1.40 bits per heavy atom. The Balaban J connectivity index is 1.04. The number of hydrogen-bond acceptors (Lipinski definition) is 0. The lowest BCUT2D eigenvalue weighted by molar-refractivity contribution is 0.535. The molecule has 2 aromatic carbocycles. The third-order valence-corrected chi connectivity index (χ3v) is 14.3. The first-order valence-electron chi connectivity index (χ1n) is 20.7. The lowest BCUT2D eigenvalue weighted by atomic mass is 9.65. The summed E-state index contributed by atoms with van der Waals surface area (Å²) in [5.41, 5.74) is 23.9. The van der Waals surface area contributed by atoms with Gasteiger partial charge in [-0.1, -0.05) is 91.1 Å². The molecule has 0 amide bonds. The Bertz CT molecular complexity index is 2470. The summed E-state index contributed by atoms with van der Waals surface area (Å²) in [6.45, 7) is 2.31. The predicted molar refractivity (Wildman–Crippen MR) is 220 cm³/mol. The Morgan fingerprint density at radius 1 is 0.654 bits per heavy atom. The van der Waals surface area contributed by atoms with E-state index in [0.717, 1.165) is 12.8 Å². The van der Waals surface area contributed by atoms with Crippen molar-refractivity contribution in [3.63, 3.8) is 0 Å². The fraction of sp³-hybridized carbons (Fsp3) is 0.346. The van der Waals surface area contributed by atoms with Gasteiger partial charge in [-0.25, -0.2) is 0 Å². The van der Waals surface area contributed by atoms with Crippen LogP contribution in [0.3, 0.4) is 0 Å². The monoisotopic (exact) mass is 674 g/mol. The van der Waals surface area contributed by atoms with E-state index in [2.05, 4.69) is 98.0 Å². The molecule has 0 radical (unpaired) electrons. The molecule has 0 fully saturated rings. The molecule has 0 saturated carbocycles. The molecule has 0 bridgehead atoms. The molecule has 0 N–H and O–H groups in total. The second kappa shape index (κ2) is 12.3. The molecule has 2 atom stereocenters. The molecule has 9 aliphatic rings. The van der Waals surface area contributed by atoms with Crippen molar-refractivity contribution in [1.82, 2.24) is 0 Å². The normalized spacial score (nSPS) is 26.2. The van der Waals surface area contributed by atoms with Crippen LogP contribution in [0.2, 0.25) is 0 Å². The van der Waals surface area contributed by atoms with E-state index in [9.17, 15) is 0 Å². The average molecular weight is 675 g/mol. The molecule has 0 heterocycles. The summed E-state index contributed by atoms with van der Waals surface area (Å²) in [4.78, 5) is 0. The standard InChI is InChI=1S/C52H50/c1-2-41(44-26-20-34-18-24-42(46-12-7-13-47(44)50(34)46)39-16-14-32-8-3-5-10-37(32)30-39)45-27-21-36-22-28-48-43(25-19-35-23-29-49(45)52(36)51(35)48)40-17-15-33-9-4-6-11-38(33)31-40/h2-4,7-9,12,19,23,25-26,28-31,34,36H,5-6,10-11,13-18,20-22,24,27H2,1H3. The van der Waals surface area contributed by atoms with Gasteiger partial charge in [0.15, 0.2) is 0 Å². The zero-order valence-corrected chi connectivity index (χ0v) is 30.9. The molecule has 9 aliphatic carbocycles. The molecule has 258 valence electrons. The first-order valence-corrected chi connectivity index (χ1v) is 20.7. The van der Waals surface area contributed by atoms with Crippen LogP contribution >= 0.6 is 0 Å². The molecule has 0 nitrogen and oxygen atoms in total. The molecule has 11 rings (SSSR count). The van der Waals surface area contributed by atoms with Crippen LogP contribution in [0, 0.1) is 5.92 Å². The highest BCUT2D eigenvalue weighted by molar-refractivity contribution is 5.94. The van der Waals surface area contributed by atoms with Gasteiger partial charge in [-0.15, -0.1) is 0 Å². The summed E-state index contributed by atoms with van der Waals surface area (Å²) in [7, 11) is 0. The van der Waals surface area contributed by atoms with Crippen LogP contribution in [0.1, 0.15) is 120 Å². The van der Waals surface area contributed by atoms with E-state index in [1.54, 1.807) is 83.0 Å². The molecule has 52 heavy (non-hydrogen) atoms.